The maximum Gasteiger partial charge on any atom is 0.416 e. The number of aldehydes is 1. The van der Waals surface area contributed by atoms with E-state index in [4.69, 9.17) is 12.2 Å². The zero-order valence-electron chi connectivity index (χ0n) is 12.9. The first-order chi connectivity index (χ1) is 11.5. The number of unbranched alkanes of at least 4 members (excludes halogenated alkanes) is 3. The second-order valence-electron chi connectivity index (χ2n) is 5.19. The van der Waals surface area contributed by atoms with Crippen LogP contribution in [0, 0.1) is 0 Å². The van der Waals surface area contributed by atoms with Crippen LogP contribution in [0.2, 0.25) is 0 Å². The number of thiocarbonyl (C=S) groups is 1. The van der Waals surface area contributed by atoms with E-state index in [9.17, 15) is 31.1 Å². The summed E-state index contributed by atoms with van der Waals surface area (Å²) in [6.07, 6.45) is -6.48. The Bertz CT molecular complexity index is 568. The number of hydrogen-bond acceptors (Lipinski definition) is 2. The molecule has 0 saturated carbocycles. The SMILES string of the molecule is O=CCCCCCNC(=S)Nc1cc(C(F)(F)F)cc(C(F)(F)F)c1. The van der Waals surface area contributed by atoms with Crippen molar-refractivity contribution in [2.45, 2.75) is 38.0 Å². The van der Waals surface area contributed by atoms with E-state index in [1.807, 2.05) is 0 Å². The Balaban J connectivity index is 2.73. The van der Waals surface area contributed by atoms with E-state index in [0.717, 1.165) is 12.7 Å². The molecule has 0 aliphatic heterocycles. The molecule has 0 aliphatic rings. The Kier molecular flexibility index (Phi) is 7.65. The van der Waals surface area contributed by atoms with Crippen LogP contribution in [0.1, 0.15) is 36.8 Å². The molecule has 0 radical (unpaired) electrons. The van der Waals surface area contributed by atoms with Crippen LogP contribution in [0.5, 0.6) is 0 Å². The highest BCUT2D eigenvalue weighted by molar-refractivity contribution is 7.80. The van der Waals surface area contributed by atoms with Crippen LogP contribution < -0.4 is 10.6 Å². The van der Waals surface area contributed by atoms with E-state index in [2.05, 4.69) is 10.6 Å². The quantitative estimate of drug-likeness (QED) is 0.307. The van der Waals surface area contributed by atoms with Crippen molar-refractivity contribution in [1.29, 1.82) is 0 Å². The first kappa shape index (κ1) is 21.2. The highest BCUT2D eigenvalue weighted by Crippen LogP contribution is 2.37. The minimum absolute atomic E-state index is 0.0503. The first-order valence-electron chi connectivity index (χ1n) is 7.32. The van der Waals surface area contributed by atoms with Gasteiger partial charge in [-0.3, -0.25) is 0 Å². The predicted octanol–water partition coefficient (Wildman–Crippen LogP) is 4.77. The lowest BCUT2D eigenvalue weighted by atomic mass is 10.1. The normalized spacial score (nSPS) is 11.9. The van der Waals surface area contributed by atoms with Gasteiger partial charge in [-0.2, -0.15) is 26.3 Å². The van der Waals surface area contributed by atoms with Gasteiger partial charge in [-0.05, 0) is 43.3 Å². The van der Waals surface area contributed by atoms with Crippen LogP contribution in [-0.2, 0) is 17.1 Å². The van der Waals surface area contributed by atoms with E-state index in [1.165, 1.54) is 0 Å². The number of benzene rings is 1. The van der Waals surface area contributed by atoms with Crippen molar-refractivity contribution in [1.82, 2.24) is 5.32 Å². The maximum absolute atomic E-state index is 12.8. The van der Waals surface area contributed by atoms with Crippen molar-refractivity contribution < 1.29 is 31.1 Å². The molecule has 0 spiro atoms. The topological polar surface area (TPSA) is 41.1 Å². The van der Waals surface area contributed by atoms with Crippen molar-refractivity contribution in [3.8, 4) is 0 Å². The average Bonchev–Trinajstić information content (AvgIpc) is 2.48. The Hall–Kier alpha value is -1.84. The minimum atomic E-state index is -4.91. The summed E-state index contributed by atoms with van der Waals surface area (Å²) in [4.78, 5) is 10.1. The summed E-state index contributed by atoms with van der Waals surface area (Å²) in [6, 6.07) is 1.18. The third kappa shape index (κ3) is 7.72. The van der Waals surface area contributed by atoms with Gasteiger partial charge in [0.05, 0.1) is 11.1 Å². The van der Waals surface area contributed by atoms with Gasteiger partial charge in [0.2, 0.25) is 0 Å². The predicted molar refractivity (Wildman–Crippen MR) is 85.2 cm³/mol. The molecule has 0 atom stereocenters. The van der Waals surface area contributed by atoms with E-state index in [-0.39, 0.29) is 11.2 Å². The molecule has 140 valence electrons. The minimum Gasteiger partial charge on any atom is -0.362 e. The molecule has 25 heavy (non-hydrogen) atoms. The molecule has 1 aromatic carbocycles. The van der Waals surface area contributed by atoms with Crippen LogP contribution in [0.25, 0.3) is 0 Å². The number of alkyl halides is 6. The highest BCUT2D eigenvalue weighted by Gasteiger charge is 2.36. The number of carbonyl (C=O) groups excluding carboxylic acids is 1. The molecule has 0 bridgehead atoms. The Morgan fingerprint density at radius 2 is 1.52 bits per heavy atom. The summed E-state index contributed by atoms with van der Waals surface area (Å²) in [5.41, 5.74) is -3.23. The lowest BCUT2D eigenvalue weighted by molar-refractivity contribution is -0.143. The van der Waals surface area contributed by atoms with Crippen molar-refractivity contribution in [3.63, 3.8) is 0 Å². The molecule has 2 N–H and O–H groups in total. The number of carbonyl (C=O) groups is 1. The second-order valence-corrected chi connectivity index (χ2v) is 5.60. The molecule has 0 aliphatic carbocycles. The lowest BCUT2D eigenvalue weighted by Crippen LogP contribution is -2.29. The summed E-state index contributed by atoms with van der Waals surface area (Å²) in [5.74, 6) is 0. The van der Waals surface area contributed by atoms with Gasteiger partial charge < -0.3 is 15.4 Å². The van der Waals surface area contributed by atoms with Crippen LogP contribution in [0.3, 0.4) is 0 Å². The van der Waals surface area contributed by atoms with E-state index < -0.39 is 29.2 Å². The average molecular weight is 386 g/mol. The lowest BCUT2D eigenvalue weighted by Gasteiger charge is -2.16. The number of nitrogens with one attached hydrogen (secondary N) is 2. The van der Waals surface area contributed by atoms with Crippen LogP contribution in [0.15, 0.2) is 18.2 Å². The molecule has 0 fully saturated rings. The van der Waals surface area contributed by atoms with Gasteiger partial charge in [-0.1, -0.05) is 6.42 Å². The molecule has 10 heteroatoms. The zero-order chi connectivity index (χ0) is 19.1. The van der Waals surface area contributed by atoms with Crippen molar-refractivity contribution in [2.24, 2.45) is 0 Å². The summed E-state index contributed by atoms with van der Waals surface area (Å²) < 4.78 is 76.5. The molecule has 1 aromatic rings. The second kappa shape index (κ2) is 9.02. The molecule has 0 unspecified atom stereocenters. The van der Waals surface area contributed by atoms with Gasteiger partial charge >= 0.3 is 12.4 Å². The van der Waals surface area contributed by atoms with Gasteiger partial charge in [0.15, 0.2) is 5.11 Å². The van der Waals surface area contributed by atoms with E-state index in [1.54, 1.807) is 0 Å². The van der Waals surface area contributed by atoms with Gasteiger partial charge in [-0.15, -0.1) is 0 Å². The van der Waals surface area contributed by atoms with E-state index in [0.29, 0.717) is 37.9 Å². The summed E-state index contributed by atoms with van der Waals surface area (Å²) in [7, 11) is 0. The van der Waals surface area contributed by atoms with Crippen LogP contribution in [-0.4, -0.2) is 17.9 Å². The molecule has 0 saturated heterocycles. The Morgan fingerprint density at radius 1 is 0.960 bits per heavy atom. The molecule has 0 amide bonds. The van der Waals surface area contributed by atoms with Gasteiger partial charge in [-0.25, -0.2) is 0 Å². The van der Waals surface area contributed by atoms with Crippen molar-refractivity contribution in [3.05, 3.63) is 29.3 Å². The molecule has 0 aromatic heterocycles. The van der Waals surface area contributed by atoms with Crippen LogP contribution >= 0.6 is 12.2 Å². The maximum atomic E-state index is 12.8. The standard InChI is InChI=1S/C15H16F6N2OS/c16-14(17,18)10-7-11(15(19,20)21)9-12(8-10)23-13(25)22-5-3-1-2-4-6-24/h6-9H,1-5H2,(H2,22,23,25). The first-order valence-corrected chi connectivity index (χ1v) is 7.73. The molecular weight excluding hydrogens is 370 g/mol. The van der Waals surface area contributed by atoms with Gasteiger partial charge in [0.1, 0.15) is 6.29 Å². The number of anilines is 1. The molecule has 3 nitrogen and oxygen atoms in total. The fourth-order valence-electron chi connectivity index (χ4n) is 1.93. The third-order valence-electron chi connectivity index (χ3n) is 3.13. The third-order valence-corrected chi connectivity index (χ3v) is 3.38. The van der Waals surface area contributed by atoms with Crippen molar-refractivity contribution >= 4 is 29.3 Å². The Morgan fingerprint density at radius 3 is 2.00 bits per heavy atom. The summed E-state index contributed by atoms with van der Waals surface area (Å²) in [5, 5.41) is 4.95. The molecule has 1 rings (SSSR count). The van der Waals surface area contributed by atoms with Crippen molar-refractivity contribution in [2.75, 3.05) is 11.9 Å². The Labute approximate surface area is 145 Å². The smallest absolute Gasteiger partial charge is 0.362 e. The largest absolute Gasteiger partial charge is 0.416 e. The fourth-order valence-corrected chi connectivity index (χ4v) is 2.15. The monoisotopic (exact) mass is 386 g/mol. The van der Waals surface area contributed by atoms with E-state index >= 15 is 0 Å². The molecule has 0 heterocycles. The summed E-state index contributed by atoms with van der Waals surface area (Å²) in [6.45, 7) is 0.385. The number of halogens is 6. The molecular formula is C15H16F6N2OS. The fraction of sp³-hybridized carbons (Fsp3) is 0.467. The number of rotatable bonds is 7. The summed E-state index contributed by atoms with van der Waals surface area (Å²) >= 11 is 4.87. The highest BCUT2D eigenvalue weighted by atomic mass is 32.1. The van der Waals surface area contributed by atoms with Gasteiger partial charge in [0.25, 0.3) is 0 Å². The van der Waals surface area contributed by atoms with Gasteiger partial charge in [0, 0.05) is 18.7 Å². The number of hydrogen-bond donors (Lipinski definition) is 2. The zero-order valence-corrected chi connectivity index (χ0v) is 13.7. The van der Waals surface area contributed by atoms with Crippen LogP contribution in [0.4, 0.5) is 32.0 Å².